The molecule has 1 saturated carbocycles. The van der Waals surface area contributed by atoms with Gasteiger partial charge in [-0.05, 0) is 38.0 Å². The highest BCUT2D eigenvalue weighted by Crippen LogP contribution is 2.21. The molecule has 0 spiro atoms. The predicted octanol–water partition coefficient (Wildman–Crippen LogP) is 1.58. The summed E-state index contributed by atoms with van der Waals surface area (Å²) in [5.41, 5.74) is 2.90. The predicted molar refractivity (Wildman–Crippen MR) is 82.2 cm³/mol. The number of amides is 2. The van der Waals surface area contributed by atoms with Crippen LogP contribution in [0, 0.1) is 0 Å². The van der Waals surface area contributed by atoms with E-state index in [-0.39, 0.29) is 6.04 Å². The molecule has 1 aromatic carbocycles. The quantitative estimate of drug-likeness (QED) is 0.479. The molecule has 1 aliphatic carbocycles. The number of ether oxygens (including phenoxy) is 1. The van der Waals surface area contributed by atoms with E-state index in [4.69, 9.17) is 4.74 Å². The second kappa shape index (κ2) is 7.21. The van der Waals surface area contributed by atoms with E-state index in [2.05, 4.69) is 31.8 Å². The van der Waals surface area contributed by atoms with E-state index in [0.29, 0.717) is 17.9 Å². The van der Waals surface area contributed by atoms with E-state index in [1.165, 1.54) is 6.21 Å². The molecule has 7 heteroatoms. The van der Waals surface area contributed by atoms with Gasteiger partial charge in [0.1, 0.15) is 5.75 Å². The molecule has 2 N–H and O–H groups in total. The van der Waals surface area contributed by atoms with Crippen LogP contribution in [0.3, 0.4) is 0 Å². The minimum atomic E-state index is -0.772. The highest BCUT2D eigenvalue weighted by molar-refractivity contribution is 9.10. The molecule has 6 nitrogen and oxygen atoms in total. The van der Waals surface area contributed by atoms with Crippen molar-refractivity contribution in [2.75, 3.05) is 6.61 Å². The second-order valence-electron chi connectivity index (χ2n) is 4.56. The van der Waals surface area contributed by atoms with Gasteiger partial charge >= 0.3 is 11.8 Å². The number of hydrogen-bond acceptors (Lipinski definition) is 4. The zero-order valence-corrected chi connectivity index (χ0v) is 13.1. The Morgan fingerprint density at radius 1 is 1.43 bits per heavy atom. The van der Waals surface area contributed by atoms with E-state index < -0.39 is 11.8 Å². The molecule has 0 atom stereocenters. The van der Waals surface area contributed by atoms with Crippen molar-refractivity contribution < 1.29 is 14.3 Å². The summed E-state index contributed by atoms with van der Waals surface area (Å²) in [6, 6.07) is 5.60. The van der Waals surface area contributed by atoms with Gasteiger partial charge in [0, 0.05) is 16.1 Å². The fraction of sp³-hybridized carbons (Fsp3) is 0.357. The Bertz CT molecular complexity index is 571. The van der Waals surface area contributed by atoms with Gasteiger partial charge in [-0.2, -0.15) is 5.10 Å². The van der Waals surface area contributed by atoms with Crippen molar-refractivity contribution >= 4 is 34.0 Å². The third kappa shape index (κ3) is 4.86. The summed E-state index contributed by atoms with van der Waals surface area (Å²) in [5.74, 6) is -0.777. The lowest BCUT2D eigenvalue weighted by atomic mass is 10.2. The van der Waals surface area contributed by atoms with Gasteiger partial charge in [-0.25, -0.2) is 5.43 Å². The summed E-state index contributed by atoms with van der Waals surface area (Å²) in [4.78, 5) is 22.9. The second-order valence-corrected chi connectivity index (χ2v) is 5.48. The summed E-state index contributed by atoms with van der Waals surface area (Å²) in [7, 11) is 0. The number of nitrogens with one attached hydrogen (secondary N) is 2. The number of carbonyl (C=O) groups excluding carboxylic acids is 2. The van der Waals surface area contributed by atoms with Crippen LogP contribution in [0.4, 0.5) is 0 Å². The highest BCUT2D eigenvalue weighted by Gasteiger charge is 2.26. The van der Waals surface area contributed by atoms with E-state index in [1.54, 1.807) is 6.07 Å². The van der Waals surface area contributed by atoms with E-state index in [1.807, 2.05) is 19.1 Å². The summed E-state index contributed by atoms with van der Waals surface area (Å²) < 4.78 is 6.32. The molecular weight excluding hydrogens is 338 g/mol. The first-order valence-electron chi connectivity index (χ1n) is 6.66. The van der Waals surface area contributed by atoms with Gasteiger partial charge in [0.15, 0.2) is 0 Å². The highest BCUT2D eigenvalue weighted by atomic mass is 79.9. The van der Waals surface area contributed by atoms with Crippen molar-refractivity contribution in [3.8, 4) is 5.75 Å². The molecule has 1 fully saturated rings. The molecule has 2 rings (SSSR count). The molecular formula is C14H16BrN3O3. The lowest BCUT2D eigenvalue weighted by Crippen LogP contribution is -2.38. The molecule has 0 unspecified atom stereocenters. The minimum absolute atomic E-state index is 0.141. The average Bonchev–Trinajstić information content (AvgIpc) is 3.25. The Balaban J connectivity index is 1.95. The monoisotopic (exact) mass is 353 g/mol. The van der Waals surface area contributed by atoms with Gasteiger partial charge in [0.25, 0.3) is 0 Å². The van der Waals surface area contributed by atoms with Crippen molar-refractivity contribution in [2.24, 2.45) is 5.10 Å². The SMILES string of the molecule is CCOc1ccc(Br)cc1/C=N\NC(=O)C(=O)NC1CC1. The summed E-state index contributed by atoms with van der Waals surface area (Å²) >= 11 is 3.36. The Hall–Kier alpha value is -1.89. The van der Waals surface area contributed by atoms with Crippen LogP contribution in [0.1, 0.15) is 25.3 Å². The van der Waals surface area contributed by atoms with Crippen molar-refractivity contribution in [1.29, 1.82) is 0 Å². The molecule has 0 aromatic heterocycles. The molecule has 21 heavy (non-hydrogen) atoms. The van der Waals surface area contributed by atoms with Gasteiger partial charge in [0.2, 0.25) is 0 Å². The first kappa shape index (κ1) is 15.5. The lowest BCUT2D eigenvalue weighted by Gasteiger charge is -2.07. The standard InChI is InChI=1S/C14H16BrN3O3/c1-2-21-12-6-3-10(15)7-9(12)8-16-18-14(20)13(19)17-11-4-5-11/h3,6-8,11H,2,4-5H2,1H3,(H,17,19)(H,18,20)/b16-8-. The zero-order valence-electron chi connectivity index (χ0n) is 11.6. The largest absolute Gasteiger partial charge is 0.493 e. The van der Waals surface area contributed by atoms with Crippen molar-refractivity contribution in [3.05, 3.63) is 28.2 Å². The molecule has 0 radical (unpaired) electrons. The maximum absolute atomic E-state index is 11.5. The van der Waals surface area contributed by atoms with Crippen LogP contribution in [-0.2, 0) is 9.59 Å². The number of rotatable bonds is 5. The Morgan fingerprint density at radius 2 is 2.19 bits per heavy atom. The van der Waals surface area contributed by atoms with Gasteiger partial charge in [0.05, 0.1) is 12.8 Å². The first-order valence-corrected chi connectivity index (χ1v) is 7.45. The van der Waals surface area contributed by atoms with Crippen LogP contribution in [0.2, 0.25) is 0 Å². The van der Waals surface area contributed by atoms with Crippen molar-refractivity contribution in [3.63, 3.8) is 0 Å². The number of benzene rings is 1. The fourth-order valence-corrected chi connectivity index (χ4v) is 1.98. The maximum atomic E-state index is 11.5. The Kier molecular flexibility index (Phi) is 5.32. The van der Waals surface area contributed by atoms with Crippen LogP contribution in [0.15, 0.2) is 27.8 Å². The Labute approximate surface area is 131 Å². The van der Waals surface area contributed by atoms with E-state index in [0.717, 1.165) is 17.3 Å². The first-order chi connectivity index (χ1) is 10.1. The number of hydrazone groups is 1. The molecule has 1 aromatic rings. The lowest BCUT2D eigenvalue weighted by molar-refractivity contribution is -0.139. The third-order valence-electron chi connectivity index (χ3n) is 2.76. The molecule has 2 amide bonds. The number of halogens is 1. The Morgan fingerprint density at radius 3 is 2.86 bits per heavy atom. The van der Waals surface area contributed by atoms with Crippen LogP contribution in [-0.4, -0.2) is 30.7 Å². The summed E-state index contributed by atoms with van der Waals surface area (Å²) in [6.45, 7) is 2.41. The fourth-order valence-electron chi connectivity index (χ4n) is 1.60. The number of carbonyl (C=O) groups is 2. The van der Waals surface area contributed by atoms with Crippen molar-refractivity contribution in [1.82, 2.24) is 10.7 Å². The zero-order chi connectivity index (χ0) is 15.2. The van der Waals surface area contributed by atoms with E-state index >= 15 is 0 Å². The maximum Gasteiger partial charge on any atom is 0.329 e. The summed E-state index contributed by atoms with van der Waals surface area (Å²) in [5, 5.41) is 6.37. The van der Waals surface area contributed by atoms with Crippen LogP contribution < -0.4 is 15.5 Å². The summed E-state index contributed by atoms with van der Waals surface area (Å²) in [6.07, 6.45) is 3.30. The number of nitrogens with zero attached hydrogens (tertiary/aromatic N) is 1. The van der Waals surface area contributed by atoms with Gasteiger partial charge in [-0.3, -0.25) is 9.59 Å². The third-order valence-corrected chi connectivity index (χ3v) is 3.25. The average molecular weight is 354 g/mol. The topological polar surface area (TPSA) is 79.8 Å². The normalized spacial score (nSPS) is 14.0. The molecule has 0 bridgehead atoms. The molecule has 112 valence electrons. The minimum Gasteiger partial charge on any atom is -0.493 e. The molecule has 0 heterocycles. The van der Waals surface area contributed by atoms with Crippen LogP contribution >= 0.6 is 15.9 Å². The number of hydrogen-bond donors (Lipinski definition) is 2. The van der Waals surface area contributed by atoms with Gasteiger partial charge < -0.3 is 10.1 Å². The van der Waals surface area contributed by atoms with Crippen LogP contribution in [0.25, 0.3) is 0 Å². The molecule has 0 saturated heterocycles. The smallest absolute Gasteiger partial charge is 0.329 e. The van der Waals surface area contributed by atoms with Crippen molar-refractivity contribution in [2.45, 2.75) is 25.8 Å². The van der Waals surface area contributed by atoms with Gasteiger partial charge in [-0.1, -0.05) is 15.9 Å². The van der Waals surface area contributed by atoms with E-state index in [9.17, 15) is 9.59 Å². The van der Waals surface area contributed by atoms with Crippen LogP contribution in [0.5, 0.6) is 5.75 Å². The molecule has 0 aliphatic heterocycles. The molecule has 1 aliphatic rings. The van der Waals surface area contributed by atoms with Gasteiger partial charge in [-0.15, -0.1) is 0 Å².